The van der Waals surface area contributed by atoms with Gasteiger partial charge in [-0.05, 0) is 38.2 Å². The number of hydrogen-bond acceptors (Lipinski definition) is 4. The first-order chi connectivity index (χ1) is 9.46. The molecule has 20 heavy (non-hydrogen) atoms. The molecular formula is C13H23N3O3S. The van der Waals surface area contributed by atoms with Gasteiger partial charge in [0.15, 0.2) is 0 Å². The van der Waals surface area contributed by atoms with Crippen molar-refractivity contribution >= 4 is 10.0 Å². The van der Waals surface area contributed by atoms with Gasteiger partial charge in [-0.1, -0.05) is 0 Å². The third kappa shape index (κ3) is 3.05. The molecule has 1 aliphatic heterocycles. The van der Waals surface area contributed by atoms with Crippen molar-refractivity contribution in [2.24, 2.45) is 0 Å². The first-order valence-corrected chi connectivity index (χ1v) is 8.45. The van der Waals surface area contributed by atoms with Crippen molar-refractivity contribution < 1.29 is 13.2 Å². The molecule has 114 valence electrons. The number of aromatic amines is 1. The Morgan fingerprint density at radius 1 is 1.50 bits per heavy atom. The first-order valence-electron chi connectivity index (χ1n) is 6.94. The fourth-order valence-corrected chi connectivity index (χ4v) is 4.30. The molecular weight excluding hydrogens is 278 g/mol. The van der Waals surface area contributed by atoms with Gasteiger partial charge >= 0.3 is 0 Å². The third-order valence-electron chi connectivity index (χ3n) is 4.03. The second-order valence-corrected chi connectivity index (χ2v) is 7.79. The van der Waals surface area contributed by atoms with Crippen molar-refractivity contribution in [1.29, 1.82) is 0 Å². The van der Waals surface area contributed by atoms with Crippen LogP contribution in [0.25, 0.3) is 0 Å². The molecule has 1 aromatic heterocycles. The summed E-state index contributed by atoms with van der Waals surface area (Å²) >= 11 is 0. The smallest absolute Gasteiger partial charge is 0.218 e. The molecule has 1 aliphatic rings. The van der Waals surface area contributed by atoms with E-state index >= 15 is 0 Å². The van der Waals surface area contributed by atoms with Crippen LogP contribution in [0, 0.1) is 6.92 Å². The van der Waals surface area contributed by atoms with Crippen molar-refractivity contribution in [3.05, 3.63) is 17.5 Å². The third-order valence-corrected chi connectivity index (χ3v) is 6.27. The number of ether oxygens (including phenoxy) is 1. The Hall–Kier alpha value is -0.920. The molecule has 1 atom stereocenters. The fourth-order valence-electron chi connectivity index (χ4n) is 2.77. The molecule has 1 aromatic rings. The van der Waals surface area contributed by atoms with E-state index in [4.69, 9.17) is 4.74 Å². The normalized spacial score (nSPS) is 20.1. The molecule has 1 fully saturated rings. The van der Waals surface area contributed by atoms with Crippen LogP contribution in [0.1, 0.15) is 36.9 Å². The number of H-pyrrole nitrogens is 1. The lowest BCUT2D eigenvalue weighted by atomic mass is 9.91. The van der Waals surface area contributed by atoms with Crippen LogP contribution in [0.15, 0.2) is 6.20 Å². The molecule has 0 amide bonds. The van der Waals surface area contributed by atoms with Crippen molar-refractivity contribution in [1.82, 2.24) is 14.5 Å². The van der Waals surface area contributed by atoms with Gasteiger partial charge in [0.25, 0.3) is 0 Å². The number of sulfonamides is 1. The van der Waals surface area contributed by atoms with Gasteiger partial charge in [0, 0.05) is 25.9 Å². The summed E-state index contributed by atoms with van der Waals surface area (Å²) in [5, 5.41) is 6.50. The maximum absolute atomic E-state index is 12.4. The van der Waals surface area contributed by atoms with E-state index in [1.54, 1.807) is 11.2 Å². The molecule has 2 rings (SSSR count). The van der Waals surface area contributed by atoms with Gasteiger partial charge in [-0.25, -0.2) is 12.7 Å². The fraction of sp³-hybridized carbons (Fsp3) is 0.769. The Morgan fingerprint density at radius 3 is 2.65 bits per heavy atom. The van der Waals surface area contributed by atoms with Crippen LogP contribution >= 0.6 is 0 Å². The Kier molecular flexibility index (Phi) is 4.82. The zero-order valence-electron chi connectivity index (χ0n) is 12.3. The number of nitrogens with zero attached hydrogens (tertiary/aromatic N) is 2. The number of aromatic nitrogens is 2. The van der Waals surface area contributed by atoms with E-state index in [9.17, 15) is 8.42 Å². The zero-order valence-corrected chi connectivity index (χ0v) is 13.1. The number of hydrogen-bond donors (Lipinski definition) is 1. The summed E-state index contributed by atoms with van der Waals surface area (Å²) in [4.78, 5) is 0. The van der Waals surface area contributed by atoms with Crippen LogP contribution in [0.5, 0.6) is 0 Å². The van der Waals surface area contributed by atoms with Crippen molar-refractivity contribution in [3.63, 3.8) is 0 Å². The van der Waals surface area contributed by atoms with Crippen LogP contribution in [0.2, 0.25) is 0 Å². The van der Waals surface area contributed by atoms with E-state index in [0.29, 0.717) is 19.0 Å². The Bertz CT molecular complexity index is 533. The first kappa shape index (κ1) is 15.5. The summed E-state index contributed by atoms with van der Waals surface area (Å²) in [5.41, 5.74) is 2.30. The molecule has 1 unspecified atom stereocenters. The highest BCUT2D eigenvalue weighted by molar-refractivity contribution is 7.89. The summed E-state index contributed by atoms with van der Waals surface area (Å²) in [6.07, 6.45) is 3.55. The maximum atomic E-state index is 12.4. The van der Waals surface area contributed by atoms with Crippen LogP contribution in [0.3, 0.4) is 0 Å². The Morgan fingerprint density at radius 2 is 2.15 bits per heavy atom. The molecule has 0 aliphatic carbocycles. The molecule has 1 saturated heterocycles. The highest BCUT2D eigenvalue weighted by Gasteiger charge is 2.33. The minimum absolute atomic E-state index is 0.239. The summed E-state index contributed by atoms with van der Waals surface area (Å²) < 4.78 is 31.3. The number of aryl methyl sites for hydroxylation is 1. The maximum Gasteiger partial charge on any atom is 0.218 e. The van der Waals surface area contributed by atoms with Crippen LogP contribution in [-0.2, 0) is 14.8 Å². The molecule has 2 heterocycles. The van der Waals surface area contributed by atoms with Gasteiger partial charge in [-0.15, -0.1) is 0 Å². The standard InChI is InChI=1S/C13H23N3O3S/c1-10(9-19-3)20(17,18)16-6-4-12(5-7-16)13-8-14-15-11(13)2/h8,10,12H,4-7,9H2,1-3H3,(H,14,15). The highest BCUT2D eigenvalue weighted by Crippen LogP contribution is 2.30. The lowest BCUT2D eigenvalue weighted by Crippen LogP contribution is -2.43. The molecule has 0 spiro atoms. The summed E-state index contributed by atoms with van der Waals surface area (Å²) in [5.74, 6) is 0.401. The van der Waals surface area contributed by atoms with Crippen LogP contribution < -0.4 is 0 Å². The number of methoxy groups -OCH3 is 1. The van der Waals surface area contributed by atoms with Gasteiger partial charge < -0.3 is 4.74 Å². The SMILES string of the molecule is COCC(C)S(=O)(=O)N1CCC(c2cn[nH]c2C)CC1. The van der Waals surface area contributed by atoms with Gasteiger partial charge in [0.05, 0.1) is 18.1 Å². The van der Waals surface area contributed by atoms with E-state index in [-0.39, 0.29) is 6.61 Å². The van der Waals surface area contributed by atoms with Crippen molar-refractivity contribution in [3.8, 4) is 0 Å². The number of piperidine rings is 1. The van der Waals surface area contributed by atoms with Gasteiger partial charge in [-0.3, -0.25) is 5.10 Å². The van der Waals surface area contributed by atoms with E-state index in [0.717, 1.165) is 18.5 Å². The van der Waals surface area contributed by atoms with Gasteiger partial charge in [0.1, 0.15) is 0 Å². The molecule has 6 nitrogen and oxygen atoms in total. The number of rotatable bonds is 5. The van der Waals surface area contributed by atoms with E-state index in [2.05, 4.69) is 10.2 Å². The van der Waals surface area contributed by atoms with Crippen LogP contribution in [-0.4, -0.2) is 55.0 Å². The minimum Gasteiger partial charge on any atom is -0.383 e. The molecule has 0 bridgehead atoms. The van der Waals surface area contributed by atoms with Crippen LogP contribution in [0.4, 0.5) is 0 Å². The Labute approximate surface area is 120 Å². The van der Waals surface area contributed by atoms with E-state index in [1.165, 1.54) is 12.7 Å². The Balaban J connectivity index is 1.99. The second-order valence-electron chi connectivity index (χ2n) is 5.43. The minimum atomic E-state index is -3.24. The van der Waals surface area contributed by atoms with Crippen molar-refractivity contribution in [2.75, 3.05) is 26.8 Å². The lowest BCUT2D eigenvalue weighted by molar-refractivity contribution is 0.197. The lowest BCUT2D eigenvalue weighted by Gasteiger charge is -2.32. The highest BCUT2D eigenvalue weighted by atomic mass is 32.2. The number of nitrogens with one attached hydrogen (secondary N) is 1. The van der Waals surface area contributed by atoms with Gasteiger partial charge in [0.2, 0.25) is 10.0 Å². The summed E-state index contributed by atoms with van der Waals surface area (Å²) in [7, 11) is -1.71. The average molecular weight is 301 g/mol. The predicted molar refractivity (Wildman–Crippen MR) is 77.1 cm³/mol. The monoisotopic (exact) mass is 301 g/mol. The molecule has 0 radical (unpaired) electrons. The summed E-state index contributed by atoms with van der Waals surface area (Å²) in [6, 6.07) is 0. The largest absolute Gasteiger partial charge is 0.383 e. The quantitative estimate of drug-likeness (QED) is 0.888. The zero-order chi connectivity index (χ0) is 14.8. The topological polar surface area (TPSA) is 75.3 Å². The summed E-state index contributed by atoms with van der Waals surface area (Å²) in [6.45, 7) is 5.09. The molecule has 7 heteroatoms. The molecule has 0 saturated carbocycles. The molecule has 1 N–H and O–H groups in total. The van der Waals surface area contributed by atoms with Gasteiger partial charge in [-0.2, -0.15) is 5.10 Å². The van der Waals surface area contributed by atoms with Crippen molar-refractivity contribution in [2.45, 2.75) is 37.9 Å². The van der Waals surface area contributed by atoms with E-state index < -0.39 is 15.3 Å². The second kappa shape index (κ2) is 6.24. The molecule has 0 aromatic carbocycles. The average Bonchev–Trinajstić information content (AvgIpc) is 2.85. The van der Waals surface area contributed by atoms with E-state index in [1.807, 2.05) is 13.1 Å². The predicted octanol–water partition coefficient (Wildman–Crippen LogP) is 1.26.